The highest BCUT2D eigenvalue weighted by molar-refractivity contribution is 9.10. The largest absolute Gasteiger partial charge is 0.493 e. The molecule has 4 heteroatoms. The van der Waals surface area contributed by atoms with Gasteiger partial charge >= 0.3 is 0 Å². The Morgan fingerprint density at radius 2 is 2.00 bits per heavy atom. The number of thiol groups is 1. The fourth-order valence-electron chi connectivity index (χ4n) is 1.55. The molecule has 1 rings (SSSR count). The van der Waals surface area contributed by atoms with Crippen molar-refractivity contribution in [1.29, 1.82) is 0 Å². The van der Waals surface area contributed by atoms with E-state index in [1.165, 1.54) is 0 Å². The van der Waals surface area contributed by atoms with Crippen LogP contribution in [-0.4, -0.2) is 19.5 Å². The highest BCUT2D eigenvalue weighted by Gasteiger charge is 2.24. The van der Waals surface area contributed by atoms with E-state index in [1.807, 2.05) is 18.2 Å². The molecule has 0 saturated heterocycles. The Balaban J connectivity index is 2.80. The lowest BCUT2D eigenvalue weighted by molar-refractivity contribution is 0.161. The predicted molar refractivity (Wildman–Crippen MR) is 83.0 cm³/mol. The molecule has 0 heterocycles. The number of methoxy groups -OCH3 is 1. The molecule has 0 aliphatic rings. The van der Waals surface area contributed by atoms with Crippen LogP contribution in [0.1, 0.15) is 20.8 Å². The molecule has 0 aliphatic heterocycles. The molecule has 2 nitrogen and oxygen atoms in total. The van der Waals surface area contributed by atoms with Crippen LogP contribution < -0.4 is 9.47 Å². The molecular formula is C14H21BrO2S. The van der Waals surface area contributed by atoms with Crippen LogP contribution in [0.25, 0.3) is 0 Å². The van der Waals surface area contributed by atoms with Gasteiger partial charge in [-0.15, -0.1) is 0 Å². The van der Waals surface area contributed by atoms with E-state index in [-0.39, 0.29) is 5.41 Å². The summed E-state index contributed by atoms with van der Waals surface area (Å²) in [6, 6.07) is 5.77. The van der Waals surface area contributed by atoms with E-state index in [0.29, 0.717) is 12.5 Å². The van der Waals surface area contributed by atoms with E-state index in [9.17, 15) is 0 Å². The Labute approximate surface area is 124 Å². The summed E-state index contributed by atoms with van der Waals surface area (Å²) in [5, 5.41) is 0. The molecule has 1 atom stereocenters. The van der Waals surface area contributed by atoms with Crippen molar-refractivity contribution in [2.24, 2.45) is 11.3 Å². The summed E-state index contributed by atoms with van der Waals surface area (Å²) in [7, 11) is 1.65. The van der Waals surface area contributed by atoms with Crippen molar-refractivity contribution in [2.75, 3.05) is 19.5 Å². The predicted octanol–water partition coefficient (Wildman–Crippen LogP) is 4.43. The Hall–Kier alpha value is -0.350. The smallest absolute Gasteiger partial charge is 0.175 e. The molecule has 0 spiro atoms. The van der Waals surface area contributed by atoms with Crippen LogP contribution in [0.4, 0.5) is 0 Å². The van der Waals surface area contributed by atoms with Gasteiger partial charge in [-0.05, 0) is 39.2 Å². The van der Waals surface area contributed by atoms with Gasteiger partial charge < -0.3 is 9.47 Å². The number of para-hydroxylation sites is 1. The average Bonchev–Trinajstić information content (AvgIpc) is 2.29. The van der Waals surface area contributed by atoms with Crippen molar-refractivity contribution in [1.82, 2.24) is 0 Å². The van der Waals surface area contributed by atoms with Crippen LogP contribution in [0.5, 0.6) is 11.5 Å². The van der Waals surface area contributed by atoms with Crippen LogP contribution >= 0.6 is 28.6 Å². The van der Waals surface area contributed by atoms with Gasteiger partial charge in [-0.2, -0.15) is 12.6 Å². The Morgan fingerprint density at radius 1 is 1.33 bits per heavy atom. The summed E-state index contributed by atoms with van der Waals surface area (Å²) in [4.78, 5) is 0. The van der Waals surface area contributed by atoms with E-state index in [1.54, 1.807) is 7.11 Å². The minimum atomic E-state index is 0.177. The third kappa shape index (κ3) is 4.09. The fraction of sp³-hybridized carbons (Fsp3) is 0.571. The number of hydrogen-bond acceptors (Lipinski definition) is 3. The van der Waals surface area contributed by atoms with E-state index in [2.05, 4.69) is 49.3 Å². The zero-order valence-corrected chi connectivity index (χ0v) is 13.8. The molecule has 0 bridgehead atoms. The van der Waals surface area contributed by atoms with Crippen molar-refractivity contribution in [3.8, 4) is 11.5 Å². The first kappa shape index (κ1) is 15.7. The van der Waals surface area contributed by atoms with Crippen LogP contribution in [0.3, 0.4) is 0 Å². The summed E-state index contributed by atoms with van der Waals surface area (Å²) in [6.45, 7) is 7.24. The van der Waals surface area contributed by atoms with Gasteiger partial charge in [0.15, 0.2) is 11.5 Å². The molecule has 0 aromatic heterocycles. The summed E-state index contributed by atoms with van der Waals surface area (Å²) < 4.78 is 12.1. The lowest BCUT2D eigenvalue weighted by atomic mass is 9.82. The molecule has 0 fully saturated rings. The highest BCUT2D eigenvalue weighted by atomic mass is 79.9. The first-order valence-corrected chi connectivity index (χ1v) is 7.39. The van der Waals surface area contributed by atoms with Crippen LogP contribution in [0, 0.1) is 11.3 Å². The highest BCUT2D eigenvalue weighted by Crippen LogP contribution is 2.36. The first-order valence-electron chi connectivity index (χ1n) is 5.96. The van der Waals surface area contributed by atoms with Gasteiger partial charge in [0.2, 0.25) is 0 Å². The monoisotopic (exact) mass is 332 g/mol. The van der Waals surface area contributed by atoms with E-state index < -0.39 is 0 Å². The van der Waals surface area contributed by atoms with Gasteiger partial charge in [-0.25, -0.2) is 0 Å². The van der Waals surface area contributed by atoms with Gasteiger partial charge in [0.05, 0.1) is 18.2 Å². The van der Waals surface area contributed by atoms with Crippen LogP contribution in [-0.2, 0) is 0 Å². The second kappa shape index (κ2) is 6.71. The van der Waals surface area contributed by atoms with Crippen molar-refractivity contribution in [3.63, 3.8) is 0 Å². The maximum Gasteiger partial charge on any atom is 0.175 e. The summed E-state index contributed by atoms with van der Waals surface area (Å²) >= 11 is 7.89. The van der Waals surface area contributed by atoms with Gasteiger partial charge in [0.1, 0.15) is 0 Å². The number of ether oxygens (including phenoxy) is 2. The van der Waals surface area contributed by atoms with E-state index in [0.717, 1.165) is 21.7 Å². The van der Waals surface area contributed by atoms with Crippen molar-refractivity contribution < 1.29 is 9.47 Å². The average molecular weight is 333 g/mol. The minimum Gasteiger partial charge on any atom is -0.493 e. The van der Waals surface area contributed by atoms with E-state index in [4.69, 9.17) is 9.47 Å². The molecular weight excluding hydrogens is 312 g/mol. The first-order chi connectivity index (χ1) is 8.40. The number of rotatable bonds is 5. The Bertz CT molecular complexity index is 388. The Kier molecular flexibility index (Phi) is 5.86. The van der Waals surface area contributed by atoms with E-state index >= 15 is 0 Å². The third-order valence-electron chi connectivity index (χ3n) is 3.02. The van der Waals surface area contributed by atoms with Gasteiger partial charge in [-0.1, -0.05) is 26.8 Å². The molecule has 1 unspecified atom stereocenters. The minimum absolute atomic E-state index is 0.177. The normalized spacial score (nSPS) is 13.2. The molecule has 18 heavy (non-hydrogen) atoms. The lowest BCUT2D eigenvalue weighted by Crippen LogP contribution is -2.28. The molecule has 0 amide bonds. The summed E-state index contributed by atoms with van der Waals surface area (Å²) in [5.41, 5.74) is 0.177. The maximum atomic E-state index is 5.92. The molecule has 102 valence electrons. The molecule has 0 radical (unpaired) electrons. The maximum absolute atomic E-state index is 5.92. The fourth-order valence-corrected chi connectivity index (χ4v) is 2.67. The zero-order chi connectivity index (χ0) is 13.8. The summed E-state index contributed by atoms with van der Waals surface area (Å²) in [6.07, 6.45) is 0. The molecule has 0 N–H and O–H groups in total. The van der Waals surface area contributed by atoms with Gasteiger partial charge in [0.25, 0.3) is 0 Å². The number of hydrogen-bond donors (Lipinski definition) is 1. The molecule has 0 saturated carbocycles. The SMILES string of the molecule is COc1cccc(Br)c1OCC(CS)C(C)(C)C. The van der Waals surface area contributed by atoms with Crippen molar-refractivity contribution in [3.05, 3.63) is 22.7 Å². The summed E-state index contributed by atoms with van der Waals surface area (Å²) in [5.74, 6) is 2.70. The number of benzene rings is 1. The van der Waals surface area contributed by atoms with Crippen molar-refractivity contribution >= 4 is 28.6 Å². The number of halogens is 1. The van der Waals surface area contributed by atoms with Gasteiger partial charge in [-0.3, -0.25) is 0 Å². The van der Waals surface area contributed by atoms with Gasteiger partial charge in [0, 0.05) is 5.92 Å². The lowest BCUT2D eigenvalue weighted by Gasteiger charge is -2.29. The molecule has 1 aromatic carbocycles. The third-order valence-corrected chi connectivity index (χ3v) is 4.09. The standard InChI is InChI=1S/C14H21BrO2S/c1-14(2,3)10(9-18)8-17-13-11(15)6-5-7-12(13)16-4/h5-7,10,18H,8-9H2,1-4H3. The molecule has 1 aromatic rings. The van der Waals surface area contributed by atoms with Crippen LogP contribution in [0.15, 0.2) is 22.7 Å². The zero-order valence-electron chi connectivity index (χ0n) is 11.4. The topological polar surface area (TPSA) is 18.5 Å². The second-order valence-corrected chi connectivity index (χ2v) is 6.55. The second-order valence-electron chi connectivity index (χ2n) is 5.33. The Morgan fingerprint density at radius 3 is 2.50 bits per heavy atom. The van der Waals surface area contributed by atoms with Crippen LogP contribution in [0.2, 0.25) is 0 Å². The van der Waals surface area contributed by atoms with Crippen molar-refractivity contribution in [2.45, 2.75) is 20.8 Å². The molecule has 0 aliphatic carbocycles. The quantitative estimate of drug-likeness (QED) is 0.804.